The minimum atomic E-state index is 0.320. The molecule has 4 heteroatoms. The molecule has 0 fully saturated rings. The topological polar surface area (TPSA) is 38.5 Å². The third-order valence-corrected chi connectivity index (χ3v) is 4.09. The van der Waals surface area contributed by atoms with Crippen LogP contribution in [-0.2, 0) is 11.2 Å². The Morgan fingerprint density at radius 1 is 1.50 bits per heavy atom. The van der Waals surface area contributed by atoms with Crippen molar-refractivity contribution in [3.63, 3.8) is 0 Å². The van der Waals surface area contributed by atoms with Crippen LogP contribution in [0.1, 0.15) is 22.7 Å². The van der Waals surface area contributed by atoms with E-state index in [2.05, 4.69) is 31.0 Å². The highest BCUT2D eigenvalue weighted by atomic mass is 32.1. The lowest BCUT2D eigenvalue weighted by atomic mass is 10.2. The summed E-state index contributed by atoms with van der Waals surface area (Å²) in [6.45, 7) is 4.50. The second-order valence-electron chi connectivity index (χ2n) is 3.88. The van der Waals surface area contributed by atoms with Crippen LogP contribution in [0.15, 0.2) is 12.1 Å². The molecule has 0 amide bonds. The highest BCUT2D eigenvalue weighted by molar-refractivity contribution is 7.12. The summed E-state index contributed by atoms with van der Waals surface area (Å²) in [5.74, 6) is 0. The van der Waals surface area contributed by atoms with E-state index in [0.29, 0.717) is 12.6 Å². The van der Waals surface area contributed by atoms with Crippen molar-refractivity contribution >= 4 is 11.3 Å². The van der Waals surface area contributed by atoms with Crippen LogP contribution in [0.25, 0.3) is 0 Å². The molecule has 0 saturated heterocycles. The van der Waals surface area contributed by atoms with Crippen molar-refractivity contribution < 1.29 is 4.74 Å². The summed E-state index contributed by atoms with van der Waals surface area (Å²) in [5, 5.41) is 0. The van der Waals surface area contributed by atoms with Crippen LogP contribution in [-0.4, -0.2) is 38.8 Å². The van der Waals surface area contributed by atoms with Crippen LogP contribution in [0.3, 0.4) is 0 Å². The molecule has 0 aliphatic heterocycles. The van der Waals surface area contributed by atoms with Gasteiger partial charge in [-0.15, -0.1) is 11.3 Å². The first-order chi connectivity index (χ1) is 7.72. The molecule has 16 heavy (non-hydrogen) atoms. The van der Waals surface area contributed by atoms with Crippen LogP contribution in [0.4, 0.5) is 0 Å². The third-order valence-electron chi connectivity index (χ3n) is 2.76. The first-order valence-electron chi connectivity index (χ1n) is 5.70. The van der Waals surface area contributed by atoms with Gasteiger partial charge in [0.25, 0.3) is 0 Å². The van der Waals surface area contributed by atoms with Crippen molar-refractivity contribution in [2.45, 2.75) is 19.4 Å². The molecule has 0 spiro atoms. The number of ether oxygens (including phenoxy) is 1. The molecule has 2 N–H and O–H groups in total. The van der Waals surface area contributed by atoms with Gasteiger partial charge >= 0.3 is 0 Å². The normalized spacial score (nSPS) is 13.3. The molecule has 1 unspecified atom stereocenters. The van der Waals surface area contributed by atoms with Crippen LogP contribution in [0.5, 0.6) is 0 Å². The Morgan fingerprint density at radius 2 is 2.25 bits per heavy atom. The number of likely N-dealkylation sites (N-methyl/N-ethyl adjacent to an activating group) is 1. The lowest BCUT2D eigenvalue weighted by molar-refractivity contribution is 0.141. The molecule has 0 aromatic carbocycles. The highest BCUT2D eigenvalue weighted by Gasteiger charge is 2.16. The fourth-order valence-corrected chi connectivity index (χ4v) is 2.80. The van der Waals surface area contributed by atoms with E-state index >= 15 is 0 Å². The molecule has 1 atom stereocenters. The Bertz CT molecular complexity index is 301. The lowest BCUT2D eigenvalue weighted by Gasteiger charge is -2.25. The summed E-state index contributed by atoms with van der Waals surface area (Å²) in [5.41, 5.74) is 5.85. The molecule has 3 nitrogen and oxygen atoms in total. The second kappa shape index (κ2) is 7.01. The predicted octanol–water partition coefficient (Wildman–Crippen LogP) is 1.89. The zero-order valence-corrected chi connectivity index (χ0v) is 11.2. The van der Waals surface area contributed by atoms with Crippen LogP contribution in [0, 0.1) is 0 Å². The highest BCUT2D eigenvalue weighted by Crippen LogP contribution is 2.26. The Labute approximate surface area is 102 Å². The largest absolute Gasteiger partial charge is 0.383 e. The number of rotatable bonds is 7. The van der Waals surface area contributed by atoms with E-state index in [1.807, 2.05) is 11.3 Å². The Kier molecular flexibility index (Phi) is 5.98. The smallest absolute Gasteiger partial charge is 0.0589 e. The van der Waals surface area contributed by atoms with Crippen molar-refractivity contribution in [3.8, 4) is 0 Å². The van der Waals surface area contributed by atoms with Gasteiger partial charge in [-0.3, -0.25) is 4.90 Å². The predicted molar refractivity (Wildman–Crippen MR) is 70.0 cm³/mol. The second-order valence-corrected chi connectivity index (χ2v) is 5.08. The van der Waals surface area contributed by atoms with E-state index in [9.17, 15) is 0 Å². The summed E-state index contributed by atoms with van der Waals surface area (Å²) < 4.78 is 5.09. The molecule has 1 heterocycles. The van der Waals surface area contributed by atoms with Gasteiger partial charge in [-0.25, -0.2) is 0 Å². The molecular weight excluding hydrogens is 220 g/mol. The quantitative estimate of drug-likeness (QED) is 0.793. The molecule has 0 aliphatic carbocycles. The number of methoxy groups -OCH3 is 1. The zero-order chi connectivity index (χ0) is 12.0. The maximum absolute atomic E-state index is 5.85. The van der Waals surface area contributed by atoms with E-state index in [-0.39, 0.29) is 0 Å². The molecule has 0 aliphatic rings. The molecule has 92 valence electrons. The molecule has 0 saturated carbocycles. The average molecular weight is 242 g/mol. The van der Waals surface area contributed by atoms with E-state index < -0.39 is 0 Å². The van der Waals surface area contributed by atoms with Gasteiger partial charge in [-0.05, 0) is 25.6 Å². The maximum atomic E-state index is 5.85. The van der Waals surface area contributed by atoms with Gasteiger partial charge in [0, 0.05) is 30.0 Å². The van der Waals surface area contributed by atoms with E-state index in [4.69, 9.17) is 10.5 Å². The standard InChI is InChI=1S/C12H22N2OS/c1-4-10-5-6-12(16-10)11(9-13)14(2)7-8-15-3/h5-6,11H,4,7-9,13H2,1-3H3. The first-order valence-corrected chi connectivity index (χ1v) is 6.52. The van der Waals surface area contributed by atoms with E-state index in [1.165, 1.54) is 9.75 Å². The lowest BCUT2D eigenvalue weighted by Crippen LogP contribution is -2.32. The summed E-state index contributed by atoms with van der Waals surface area (Å²) in [6.07, 6.45) is 1.10. The van der Waals surface area contributed by atoms with Crippen LogP contribution in [0.2, 0.25) is 0 Å². The molecule has 1 aromatic heterocycles. The number of thiophene rings is 1. The molecule has 0 radical (unpaired) electrons. The zero-order valence-electron chi connectivity index (χ0n) is 10.4. The fraction of sp³-hybridized carbons (Fsp3) is 0.667. The summed E-state index contributed by atoms with van der Waals surface area (Å²) in [6, 6.07) is 4.72. The van der Waals surface area contributed by atoms with Gasteiger partial charge in [0.05, 0.1) is 12.6 Å². The Morgan fingerprint density at radius 3 is 2.75 bits per heavy atom. The van der Waals surface area contributed by atoms with Gasteiger partial charge in [0.15, 0.2) is 0 Å². The van der Waals surface area contributed by atoms with Gasteiger partial charge in [0.2, 0.25) is 0 Å². The van der Waals surface area contributed by atoms with E-state index in [0.717, 1.165) is 19.6 Å². The van der Waals surface area contributed by atoms with Crippen molar-refractivity contribution in [3.05, 3.63) is 21.9 Å². The van der Waals surface area contributed by atoms with Crippen LogP contribution >= 0.6 is 11.3 Å². The number of hydrogen-bond donors (Lipinski definition) is 1. The minimum Gasteiger partial charge on any atom is -0.383 e. The van der Waals surface area contributed by atoms with Crippen molar-refractivity contribution in [2.75, 3.05) is 33.9 Å². The van der Waals surface area contributed by atoms with Crippen molar-refractivity contribution in [2.24, 2.45) is 5.73 Å². The fourth-order valence-electron chi connectivity index (χ4n) is 1.67. The van der Waals surface area contributed by atoms with Gasteiger partial charge in [-0.2, -0.15) is 0 Å². The average Bonchev–Trinajstić information content (AvgIpc) is 2.76. The number of nitrogens with two attached hydrogens (primary N) is 1. The number of nitrogens with zero attached hydrogens (tertiary/aromatic N) is 1. The van der Waals surface area contributed by atoms with Gasteiger partial charge in [-0.1, -0.05) is 6.92 Å². The Hall–Kier alpha value is -0.420. The molecular formula is C12H22N2OS. The van der Waals surface area contributed by atoms with Gasteiger partial charge < -0.3 is 10.5 Å². The summed E-state index contributed by atoms with van der Waals surface area (Å²) in [7, 11) is 3.83. The van der Waals surface area contributed by atoms with Gasteiger partial charge in [0.1, 0.15) is 0 Å². The third kappa shape index (κ3) is 3.56. The molecule has 1 rings (SSSR count). The maximum Gasteiger partial charge on any atom is 0.0589 e. The summed E-state index contributed by atoms with van der Waals surface area (Å²) in [4.78, 5) is 5.04. The van der Waals surface area contributed by atoms with Crippen LogP contribution < -0.4 is 5.73 Å². The Balaban J connectivity index is 2.65. The number of aryl methyl sites for hydroxylation is 1. The monoisotopic (exact) mass is 242 g/mol. The molecule has 1 aromatic rings. The number of hydrogen-bond acceptors (Lipinski definition) is 4. The molecule has 0 bridgehead atoms. The first kappa shape index (κ1) is 13.6. The van der Waals surface area contributed by atoms with Crippen molar-refractivity contribution in [1.82, 2.24) is 4.90 Å². The summed E-state index contributed by atoms with van der Waals surface area (Å²) >= 11 is 1.86. The van der Waals surface area contributed by atoms with E-state index in [1.54, 1.807) is 7.11 Å². The minimum absolute atomic E-state index is 0.320. The van der Waals surface area contributed by atoms with Crippen molar-refractivity contribution in [1.29, 1.82) is 0 Å². The SMILES string of the molecule is CCc1ccc(C(CN)N(C)CCOC)s1.